The third-order valence-corrected chi connectivity index (χ3v) is 4.65. The molecule has 2 unspecified atom stereocenters. The number of nitrogens with zero attached hydrogens (tertiary/aromatic N) is 2. The molecule has 21 heavy (non-hydrogen) atoms. The van der Waals surface area contributed by atoms with Gasteiger partial charge in [0.2, 0.25) is 0 Å². The van der Waals surface area contributed by atoms with Gasteiger partial charge in [0.05, 0.1) is 25.1 Å². The summed E-state index contributed by atoms with van der Waals surface area (Å²) in [5.41, 5.74) is 7.00. The van der Waals surface area contributed by atoms with Crippen molar-refractivity contribution in [3.63, 3.8) is 0 Å². The number of morpholine rings is 1. The number of nitrogens with one attached hydrogen (secondary N) is 1. The van der Waals surface area contributed by atoms with Gasteiger partial charge in [0.25, 0.3) is 0 Å². The van der Waals surface area contributed by atoms with Gasteiger partial charge >= 0.3 is 0 Å². The highest BCUT2D eigenvalue weighted by molar-refractivity contribution is 5.49. The molecule has 0 radical (unpaired) electrons. The fourth-order valence-electron chi connectivity index (χ4n) is 3.34. The summed E-state index contributed by atoms with van der Waals surface area (Å²) < 4.78 is 5.38. The summed E-state index contributed by atoms with van der Waals surface area (Å²) in [5, 5.41) is 3.63. The van der Waals surface area contributed by atoms with E-state index in [-0.39, 0.29) is 0 Å². The monoisotopic (exact) mass is 290 g/mol. The van der Waals surface area contributed by atoms with Crippen molar-refractivity contribution < 1.29 is 4.74 Å². The molecule has 2 heterocycles. The quantitative estimate of drug-likeness (QED) is 0.886. The van der Waals surface area contributed by atoms with Crippen LogP contribution in [0.3, 0.4) is 0 Å². The third-order valence-electron chi connectivity index (χ3n) is 4.65. The van der Waals surface area contributed by atoms with Crippen LogP contribution >= 0.6 is 0 Å². The van der Waals surface area contributed by atoms with Crippen molar-refractivity contribution in [2.75, 3.05) is 43.1 Å². The first-order chi connectivity index (χ1) is 10.4. The number of pyridine rings is 1. The molecule has 1 aromatic heterocycles. The van der Waals surface area contributed by atoms with Crippen LogP contribution < -0.4 is 16.0 Å². The molecule has 2 fully saturated rings. The molecule has 0 spiro atoms. The number of hydrogen-bond acceptors (Lipinski definition) is 5. The highest BCUT2D eigenvalue weighted by Crippen LogP contribution is 2.27. The molecule has 1 saturated carbocycles. The number of ether oxygens (including phenoxy) is 1. The molecule has 1 aromatic rings. The second kappa shape index (κ2) is 7.09. The first-order valence-corrected chi connectivity index (χ1v) is 8.12. The molecule has 116 valence electrons. The first kappa shape index (κ1) is 14.6. The summed E-state index contributed by atoms with van der Waals surface area (Å²) in [5.74, 6) is 1.64. The normalized spacial score (nSPS) is 26.6. The number of nitrogens with two attached hydrogens (primary N) is 1. The highest BCUT2D eigenvalue weighted by atomic mass is 16.5. The van der Waals surface area contributed by atoms with Gasteiger partial charge in [-0.05, 0) is 37.4 Å². The minimum absolute atomic E-state index is 0.500. The summed E-state index contributed by atoms with van der Waals surface area (Å²) in [4.78, 5) is 6.87. The van der Waals surface area contributed by atoms with Crippen molar-refractivity contribution in [1.29, 1.82) is 0 Å². The minimum Gasteiger partial charge on any atom is -0.381 e. The Balaban J connectivity index is 1.61. The van der Waals surface area contributed by atoms with Crippen LogP contribution in [0.4, 0.5) is 11.5 Å². The zero-order valence-electron chi connectivity index (χ0n) is 12.6. The molecule has 5 heteroatoms. The maximum atomic E-state index is 5.89. The standard InChI is InChI=1S/C16H26N4O/c17-11-13-3-1-2-4-15(13)19-14-5-6-16(18-12-14)20-7-9-21-10-8-20/h5-6,12-13,15,19H,1-4,7-11,17H2. The van der Waals surface area contributed by atoms with Gasteiger partial charge in [0.1, 0.15) is 5.82 Å². The Hall–Kier alpha value is -1.33. The maximum Gasteiger partial charge on any atom is 0.128 e. The second-order valence-electron chi connectivity index (χ2n) is 6.04. The van der Waals surface area contributed by atoms with E-state index in [4.69, 9.17) is 10.5 Å². The van der Waals surface area contributed by atoms with Crippen molar-refractivity contribution in [2.24, 2.45) is 11.7 Å². The number of anilines is 2. The van der Waals surface area contributed by atoms with E-state index in [1.807, 2.05) is 6.20 Å². The Kier molecular flexibility index (Phi) is 4.93. The molecule has 0 aromatic carbocycles. The van der Waals surface area contributed by atoms with Crippen LogP contribution in [0.2, 0.25) is 0 Å². The van der Waals surface area contributed by atoms with Gasteiger partial charge in [-0.15, -0.1) is 0 Å². The van der Waals surface area contributed by atoms with Crippen LogP contribution in [0.15, 0.2) is 18.3 Å². The van der Waals surface area contributed by atoms with E-state index in [0.29, 0.717) is 12.0 Å². The van der Waals surface area contributed by atoms with E-state index in [1.165, 1.54) is 25.7 Å². The van der Waals surface area contributed by atoms with Gasteiger partial charge in [-0.25, -0.2) is 4.98 Å². The largest absolute Gasteiger partial charge is 0.381 e. The molecule has 1 aliphatic carbocycles. The second-order valence-corrected chi connectivity index (χ2v) is 6.04. The predicted molar refractivity (Wildman–Crippen MR) is 85.7 cm³/mol. The van der Waals surface area contributed by atoms with E-state index in [1.54, 1.807) is 0 Å². The Morgan fingerprint density at radius 3 is 2.76 bits per heavy atom. The lowest BCUT2D eigenvalue weighted by atomic mass is 9.84. The van der Waals surface area contributed by atoms with Gasteiger partial charge in [-0.1, -0.05) is 12.8 Å². The fourth-order valence-corrected chi connectivity index (χ4v) is 3.34. The zero-order valence-corrected chi connectivity index (χ0v) is 12.6. The average molecular weight is 290 g/mol. The Morgan fingerprint density at radius 2 is 2.05 bits per heavy atom. The van der Waals surface area contributed by atoms with Crippen LogP contribution in [0.5, 0.6) is 0 Å². The average Bonchev–Trinajstić information content (AvgIpc) is 2.57. The molecule has 3 rings (SSSR count). The molecular formula is C16H26N4O. The summed E-state index contributed by atoms with van der Waals surface area (Å²) in [6, 6.07) is 4.74. The summed E-state index contributed by atoms with van der Waals surface area (Å²) in [7, 11) is 0. The third kappa shape index (κ3) is 3.66. The van der Waals surface area contributed by atoms with Gasteiger partial charge in [0, 0.05) is 19.1 Å². The summed E-state index contributed by atoms with van der Waals surface area (Å²) in [6.45, 7) is 4.22. The lowest BCUT2D eigenvalue weighted by Gasteiger charge is -2.32. The molecule has 3 N–H and O–H groups in total. The fraction of sp³-hybridized carbons (Fsp3) is 0.688. The van der Waals surface area contributed by atoms with Crippen LogP contribution in [0.25, 0.3) is 0 Å². The molecule has 5 nitrogen and oxygen atoms in total. The van der Waals surface area contributed by atoms with Crippen LogP contribution in [-0.2, 0) is 4.74 Å². The SMILES string of the molecule is NCC1CCCCC1Nc1ccc(N2CCOCC2)nc1. The molecule has 1 saturated heterocycles. The molecule has 1 aliphatic heterocycles. The Labute approximate surface area is 126 Å². The van der Waals surface area contributed by atoms with Crippen molar-refractivity contribution in [2.45, 2.75) is 31.7 Å². The Morgan fingerprint density at radius 1 is 1.24 bits per heavy atom. The van der Waals surface area contributed by atoms with Crippen LogP contribution in [0, 0.1) is 5.92 Å². The van der Waals surface area contributed by atoms with Crippen molar-refractivity contribution in [3.8, 4) is 0 Å². The van der Waals surface area contributed by atoms with Gasteiger partial charge in [-0.3, -0.25) is 0 Å². The number of rotatable bonds is 4. The van der Waals surface area contributed by atoms with Crippen LogP contribution in [0.1, 0.15) is 25.7 Å². The highest BCUT2D eigenvalue weighted by Gasteiger charge is 2.23. The minimum atomic E-state index is 0.500. The van der Waals surface area contributed by atoms with Crippen molar-refractivity contribution >= 4 is 11.5 Å². The van der Waals surface area contributed by atoms with Gasteiger partial charge in [-0.2, -0.15) is 0 Å². The molecule has 0 amide bonds. The van der Waals surface area contributed by atoms with E-state index >= 15 is 0 Å². The van der Waals surface area contributed by atoms with Gasteiger partial charge < -0.3 is 20.7 Å². The topological polar surface area (TPSA) is 63.4 Å². The summed E-state index contributed by atoms with van der Waals surface area (Å²) in [6.07, 6.45) is 7.02. The van der Waals surface area contributed by atoms with Gasteiger partial charge in [0.15, 0.2) is 0 Å². The van der Waals surface area contributed by atoms with E-state index in [0.717, 1.165) is 44.4 Å². The van der Waals surface area contributed by atoms with Crippen molar-refractivity contribution in [3.05, 3.63) is 18.3 Å². The molecule has 0 bridgehead atoms. The number of aromatic nitrogens is 1. The molecule has 2 atom stereocenters. The molecule has 2 aliphatic rings. The smallest absolute Gasteiger partial charge is 0.128 e. The van der Waals surface area contributed by atoms with Crippen molar-refractivity contribution in [1.82, 2.24) is 4.98 Å². The van der Waals surface area contributed by atoms with E-state index in [9.17, 15) is 0 Å². The maximum absolute atomic E-state index is 5.89. The lowest BCUT2D eigenvalue weighted by molar-refractivity contribution is 0.122. The predicted octanol–water partition coefficient (Wildman–Crippen LogP) is 1.85. The van der Waals surface area contributed by atoms with Crippen LogP contribution in [-0.4, -0.2) is 43.9 Å². The lowest BCUT2D eigenvalue weighted by Crippen LogP contribution is -2.37. The zero-order chi connectivity index (χ0) is 14.5. The van der Waals surface area contributed by atoms with E-state index < -0.39 is 0 Å². The number of hydrogen-bond donors (Lipinski definition) is 2. The summed E-state index contributed by atoms with van der Waals surface area (Å²) >= 11 is 0. The molecular weight excluding hydrogens is 264 g/mol. The first-order valence-electron chi connectivity index (χ1n) is 8.12. The van der Waals surface area contributed by atoms with E-state index in [2.05, 4.69) is 27.3 Å². The Bertz CT molecular complexity index is 430.